The van der Waals surface area contributed by atoms with Crippen molar-refractivity contribution in [1.29, 1.82) is 0 Å². The molecule has 128 valence electrons. The molecule has 0 amide bonds. The Bertz CT molecular complexity index is 590. The molecule has 1 unspecified atom stereocenters. The standard InChI is InChI=1S/C22H28O2/c1-2-22(13-14-22)15-21(24-17-20-11-7-4-8-12-20)18-23-16-19-9-5-3-6-10-19/h3-12,21H,2,13-18H2,1H3. The highest BCUT2D eigenvalue weighted by Crippen LogP contribution is 2.52. The molecule has 2 aromatic rings. The lowest BCUT2D eigenvalue weighted by Crippen LogP contribution is -2.24. The van der Waals surface area contributed by atoms with E-state index in [1.54, 1.807) is 0 Å². The van der Waals surface area contributed by atoms with Crippen LogP contribution in [0.3, 0.4) is 0 Å². The van der Waals surface area contributed by atoms with E-state index in [0.29, 0.717) is 25.2 Å². The summed E-state index contributed by atoms with van der Waals surface area (Å²) in [5, 5.41) is 0. The van der Waals surface area contributed by atoms with Crippen molar-refractivity contribution in [2.24, 2.45) is 5.41 Å². The zero-order valence-corrected chi connectivity index (χ0v) is 14.6. The first kappa shape index (κ1) is 17.2. The molecule has 1 fully saturated rings. The van der Waals surface area contributed by atoms with E-state index in [0.717, 1.165) is 6.42 Å². The van der Waals surface area contributed by atoms with Gasteiger partial charge in [-0.3, -0.25) is 0 Å². The maximum Gasteiger partial charge on any atom is 0.0818 e. The van der Waals surface area contributed by atoms with Gasteiger partial charge in [0, 0.05) is 0 Å². The Kier molecular flexibility index (Phi) is 6.06. The summed E-state index contributed by atoms with van der Waals surface area (Å²) >= 11 is 0. The summed E-state index contributed by atoms with van der Waals surface area (Å²) in [5.74, 6) is 0. The summed E-state index contributed by atoms with van der Waals surface area (Å²) in [7, 11) is 0. The predicted octanol–water partition coefficient (Wildman–Crippen LogP) is 5.37. The molecular weight excluding hydrogens is 296 g/mol. The Morgan fingerprint density at radius 3 is 2.00 bits per heavy atom. The van der Waals surface area contributed by atoms with Crippen LogP contribution in [-0.4, -0.2) is 12.7 Å². The summed E-state index contributed by atoms with van der Waals surface area (Å²) in [5.41, 5.74) is 2.96. The van der Waals surface area contributed by atoms with Crippen LogP contribution in [-0.2, 0) is 22.7 Å². The monoisotopic (exact) mass is 324 g/mol. The van der Waals surface area contributed by atoms with Crippen molar-refractivity contribution in [3.63, 3.8) is 0 Å². The van der Waals surface area contributed by atoms with Gasteiger partial charge in [-0.25, -0.2) is 0 Å². The second kappa shape index (κ2) is 8.46. The Labute approximate surface area is 145 Å². The van der Waals surface area contributed by atoms with Crippen LogP contribution in [0, 0.1) is 5.41 Å². The maximum absolute atomic E-state index is 6.22. The largest absolute Gasteiger partial charge is 0.374 e. The number of hydrogen-bond acceptors (Lipinski definition) is 2. The fourth-order valence-corrected chi connectivity index (χ4v) is 3.20. The highest BCUT2D eigenvalue weighted by atomic mass is 16.5. The third-order valence-electron chi connectivity index (χ3n) is 5.11. The first-order chi connectivity index (χ1) is 11.8. The van der Waals surface area contributed by atoms with Crippen molar-refractivity contribution < 1.29 is 9.47 Å². The van der Waals surface area contributed by atoms with Gasteiger partial charge in [0.05, 0.1) is 25.9 Å². The highest BCUT2D eigenvalue weighted by molar-refractivity contribution is 5.14. The minimum absolute atomic E-state index is 0.177. The molecule has 3 rings (SSSR count). The molecule has 0 aromatic heterocycles. The van der Waals surface area contributed by atoms with Crippen LogP contribution >= 0.6 is 0 Å². The van der Waals surface area contributed by atoms with Crippen molar-refractivity contribution in [3.05, 3.63) is 71.8 Å². The maximum atomic E-state index is 6.22. The molecule has 2 heteroatoms. The van der Waals surface area contributed by atoms with E-state index in [1.165, 1.54) is 30.4 Å². The van der Waals surface area contributed by atoms with E-state index in [4.69, 9.17) is 9.47 Å². The average molecular weight is 324 g/mol. The van der Waals surface area contributed by atoms with E-state index in [9.17, 15) is 0 Å². The Morgan fingerprint density at radius 2 is 1.46 bits per heavy atom. The van der Waals surface area contributed by atoms with Crippen LogP contribution in [0.1, 0.15) is 43.7 Å². The van der Waals surface area contributed by atoms with Crippen LogP contribution in [0.15, 0.2) is 60.7 Å². The van der Waals surface area contributed by atoms with E-state index < -0.39 is 0 Å². The number of hydrogen-bond donors (Lipinski definition) is 0. The lowest BCUT2D eigenvalue weighted by molar-refractivity contribution is -0.0428. The van der Waals surface area contributed by atoms with Gasteiger partial charge in [-0.2, -0.15) is 0 Å². The van der Waals surface area contributed by atoms with Gasteiger partial charge in [-0.05, 0) is 35.8 Å². The Hall–Kier alpha value is -1.64. The zero-order chi connectivity index (χ0) is 16.7. The third-order valence-corrected chi connectivity index (χ3v) is 5.11. The lowest BCUT2D eigenvalue weighted by atomic mass is 9.96. The summed E-state index contributed by atoms with van der Waals surface area (Å²) in [6, 6.07) is 20.8. The number of ether oxygens (including phenoxy) is 2. The molecule has 1 aliphatic carbocycles. The van der Waals surface area contributed by atoms with Gasteiger partial charge in [0.25, 0.3) is 0 Å². The molecule has 0 heterocycles. The molecule has 1 saturated carbocycles. The first-order valence-electron chi connectivity index (χ1n) is 9.07. The molecule has 0 saturated heterocycles. The molecule has 0 aliphatic heterocycles. The van der Waals surface area contributed by atoms with E-state index >= 15 is 0 Å². The smallest absolute Gasteiger partial charge is 0.0818 e. The number of rotatable bonds is 10. The lowest BCUT2D eigenvalue weighted by Gasteiger charge is -2.23. The van der Waals surface area contributed by atoms with Gasteiger partial charge in [0.2, 0.25) is 0 Å². The normalized spacial score (nSPS) is 16.7. The van der Waals surface area contributed by atoms with Crippen molar-refractivity contribution in [2.45, 2.75) is 51.9 Å². The van der Waals surface area contributed by atoms with Crippen molar-refractivity contribution in [1.82, 2.24) is 0 Å². The van der Waals surface area contributed by atoms with Crippen LogP contribution in [0.25, 0.3) is 0 Å². The second-order valence-electron chi connectivity index (χ2n) is 6.98. The van der Waals surface area contributed by atoms with Gasteiger partial charge in [-0.1, -0.05) is 74.0 Å². The molecule has 24 heavy (non-hydrogen) atoms. The van der Waals surface area contributed by atoms with Crippen LogP contribution < -0.4 is 0 Å². The molecule has 0 radical (unpaired) electrons. The summed E-state index contributed by atoms with van der Waals surface area (Å²) < 4.78 is 12.2. The summed E-state index contributed by atoms with van der Waals surface area (Å²) in [6.07, 6.45) is 5.22. The first-order valence-corrected chi connectivity index (χ1v) is 9.07. The molecule has 0 spiro atoms. The minimum Gasteiger partial charge on any atom is -0.374 e. The second-order valence-corrected chi connectivity index (χ2v) is 6.98. The van der Waals surface area contributed by atoms with Crippen molar-refractivity contribution in [3.8, 4) is 0 Å². The molecule has 1 atom stereocenters. The van der Waals surface area contributed by atoms with Gasteiger partial charge in [0.15, 0.2) is 0 Å². The molecule has 0 N–H and O–H groups in total. The van der Waals surface area contributed by atoms with Gasteiger partial charge >= 0.3 is 0 Å². The number of benzene rings is 2. The third kappa shape index (κ3) is 5.19. The quantitative estimate of drug-likeness (QED) is 0.585. The Morgan fingerprint density at radius 1 is 0.875 bits per heavy atom. The SMILES string of the molecule is CCC1(CC(COCc2ccccc2)OCc2ccccc2)CC1. The van der Waals surface area contributed by atoms with Gasteiger partial charge in [0.1, 0.15) is 0 Å². The fourth-order valence-electron chi connectivity index (χ4n) is 3.20. The van der Waals surface area contributed by atoms with Crippen LogP contribution in [0.2, 0.25) is 0 Å². The highest BCUT2D eigenvalue weighted by Gasteiger charge is 2.42. The van der Waals surface area contributed by atoms with Gasteiger partial charge < -0.3 is 9.47 Å². The summed E-state index contributed by atoms with van der Waals surface area (Å²) in [6.45, 7) is 4.29. The van der Waals surface area contributed by atoms with E-state index in [2.05, 4.69) is 55.5 Å². The molecular formula is C22H28O2. The topological polar surface area (TPSA) is 18.5 Å². The fraction of sp³-hybridized carbons (Fsp3) is 0.455. The predicted molar refractivity (Wildman–Crippen MR) is 97.7 cm³/mol. The van der Waals surface area contributed by atoms with Gasteiger partial charge in [-0.15, -0.1) is 0 Å². The van der Waals surface area contributed by atoms with E-state index in [-0.39, 0.29) is 6.10 Å². The minimum atomic E-state index is 0.177. The molecule has 1 aliphatic rings. The average Bonchev–Trinajstić information content (AvgIpc) is 3.41. The zero-order valence-electron chi connectivity index (χ0n) is 14.6. The van der Waals surface area contributed by atoms with Crippen molar-refractivity contribution >= 4 is 0 Å². The molecule has 2 nitrogen and oxygen atoms in total. The molecule has 2 aromatic carbocycles. The Balaban J connectivity index is 1.51. The van der Waals surface area contributed by atoms with Crippen molar-refractivity contribution in [2.75, 3.05) is 6.61 Å². The molecule has 0 bridgehead atoms. The summed E-state index contributed by atoms with van der Waals surface area (Å²) in [4.78, 5) is 0. The van der Waals surface area contributed by atoms with E-state index in [1.807, 2.05) is 12.1 Å². The van der Waals surface area contributed by atoms with Crippen LogP contribution in [0.5, 0.6) is 0 Å². The van der Waals surface area contributed by atoms with Crippen LogP contribution in [0.4, 0.5) is 0 Å².